The predicted molar refractivity (Wildman–Crippen MR) is 107 cm³/mol. The summed E-state index contributed by atoms with van der Waals surface area (Å²) in [5, 5.41) is 10.3. The fourth-order valence-corrected chi connectivity index (χ4v) is 2.91. The van der Waals surface area contributed by atoms with Crippen molar-refractivity contribution in [1.82, 2.24) is 5.32 Å². The van der Waals surface area contributed by atoms with E-state index >= 15 is 0 Å². The van der Waals surface area contributed by atoms with Crippen molar-refractivity contribution < 1.29 is 14.3 Å². The van der Waals surface area contributed by atoms with Crippen molar-refractivity contribution in [3.05, 3.63) is 35.7 Å². The maximum absolute atomic E-state index is 12.1. The number of ether oxygens (including phenoxy) is 1. The van der Waals surface area contributed by atoms with Gasteiger partial charge in [-0.2, -0.15) is 0 Å². The van der Waals surface area contributed by atoms with Gasteiger partial charge in [0.05, 0.1) is 11.4 Å². The molecule has 7 heteroatoms. The molecule has 1 aromatic carbocycles. The smallest absolute Gasteiger partial charge is 0.412 e. The molecule has 6 nitrogen and oxygen atoms in total. The van der Waals surface area contributed by atoms with Gasteiger partial charge in [-0.05, 0) is 63.8 Å². The van der Waals surface area contributed by atoms with E-state index in [1.165, 1.54) is 0 Å². The van der Waals surface area contributed by atoms with E-state index in [0.717, 1.165) is 10.4 Å². The number of thiophene rings is 1. The fraction of sp³-hybridized carbons (Fsp3) is 0.368. The van der Waals surface area contributed by atoms with E-state index in [1.54, 1.807) is 38.2 Å². The first-order valence-corrected chi connectivity index (χ1v) is 9.27. The molecule has 0 atom stereocenters. The quantitative estimate of drug-likeness (QED) is 0.679. The lowest BCUT2D eigenvalue weighted by molar-refractivity contribution is 0.0636. The molecule has 0 radical (unpaired) electrons. The van der Waals surface area contributed by atoms with Crippen molar-refractivity contribution >= 4 is 34.8 Å². The van der Waals surface area contributed by atoms with E-state index in [1.807, 2.05) is 43.5 Å². The number of carbonyl (C=O) groups excluding carboxylic acids is 2. The number of hydrogen-bond donors (Lipinski definition) is 3. The highest BCUT2D eigenvalue weighted by molar-refractivity contribution is 7.13. The van der Waals surface area contributed by atoms with Crippen LogP contribution >= 0.6 is 11.3 Å². The van der Waals surface area contributed by atoms with Crippen LogP contribution in [0.15, 0.2) is 35.7 Å². The summed E-state index contributed by atoms with van der Waals surface area (Å²) in [6, 6.07) is 9.10. The lowest BCUT2D eigenvalue weighted by Gasteiger charge is -2.21. The second kappa shape index (κ2) is 8.23. The summed E-state index contributed by atoms with van der Waals surface area (Å²) in [4.78, 5) is 25.3. The molecule has 0 bridgehead atoms. The van der Waals surface area contributed by atoms with Crippen LogP contribution in [0, 0.1) is 0 Å². The first-order valence-electron chi connectivity index (χ1n) is 8.39. The molecule has 0 aliphatic heterocycles. The van der Waals surface area contributed by atoms with Gasteiger partial charge in [0.1, 0.15) is 5.60 Å². The van der Waals surface area contributed by atoms with Crippen LogP contribution in [-0.2, 0) is 4.74 Å². The third kappa shape index (κ3) is 6.07. The topological polar surface area (TPSA) is 79.5 Å². The van der Waals surface area contributed by atoms with E-state index in [4.69, 9.17) is 4.74 Å². The molecule has 0 aliphatic carbocycles. The van der Waals surface area contributed by atoms with Crippen molar-refractivity contribution in [2.75, 3.05) is 10.6 Å². The molecule has 0 saturated heterocycles. The van der Waals surface area contributed by atoms with Crippen LogP contribution in [0.1, 0.15) is 34.6 Å². The van der Waals surface area contributed by atoms with E-state index in [0.29, 0.717) is 11.4 Å². The summed E-state index contributed by atoms with van der Waals surface area (Å²) in [6.45, 7) is 9.13. The van der Waals surface area contributed by atoms with Gasteiger partial charge in [0.25, 0.3) is 0 Å². The number of urea groups is 1. The summed E-state index contributed by atoms with van der Waals surface area (Å²) in [7, 11) is 0. The second-order valence-corrected chi connectivity index (χ2v) is 8.07. The van der Waals surface area contributed by atoms with Gasteiger partial charge in [0, 0.05) is 10.9 Å². The molecular weight excluding hydrogens is 350 g/mol. The highest BCUT2D eigenvalue weighted by atomic mass is 32.1. The second-order valence-electron chi connectivity index (χ2n) is 7.12. The summed E-state index contributed by atoms with van der Waals surface area (Å²) in [5.74, 6) is 0. The van der Waals surface area contributed by atoms with Crippen LogP contribution in [0.25, 0.3) is 10.4 Å². The lowest BCUT2D eigenvalue weighted by Crippen LogP contribution is -2.34. The van der Waals surface area contributed by atoms with Gasteiger partial charge in [-0.1, -0.05) is 12.1 Å². The summed E-state index contributed by atoms with van der Waals surface area (Å²) in [5.41, 5.74) is 1.32. The number of amides is 3. The summed E-state index contributed by atoms with van der Waals surface area (Å²) >= 11 is 1.60. The van der Waals surface area contributed by atoms with Crippen LogP contribution in [0.3, 0.4) is 0 Å². The molecule has 1 heterocycles. The number of nitrogens with one attached hydrogen (secondary N) is 3. The first-order chi connectivity index (χ1) is 12.1. The van der Waals surface area contributed by atoms with Crippen LogP contribution in [-0.4, -0.2) is 23.8 Å². The number of hydrogen-bond acceptors (Lipinski definition) is 4. The number of anilines is 2. The molecule has 2 aromatic rings. The van der Waals surface area contributed by atoms with Crippen molar-refractivity contribution in [2.45, 2.75) is 46.3 Å². The van der Waals surface area contributed by atoms with Gasteiger partial charge in [-0.25, -0.2) is 9.59 Å². The monoisotopic (exact) mass is 375 g/mol. The van der Waals surface area contributed by atoms with Crippen molar-refractivity contribution in [3.63, 3.8) is 0 Å². The van der Waals surface area contributed by atoms with Gasteiger partial charge < -0.3 is 15.4 Å². The minimum absolute atomic E-state index is 0.00209. The molecule has 0 aliphatic rings. The number of rotatable bonds is 4. The Kier molecular flexibility index (Phi) is 6.26. The molecule has 3 N–H and O–H groups in total. The van der Waals surface area contributed by atoms with E-state index in [9.17, 15) is 9.59 Å². The van der Waals surface area contributed by atoms with E-state index in [-0.39, 0.29) is 12.1 Å². The molecule has 3 amide bonds. The minimum atomic E-state index is -0.608. The van der Waals surface area contributed by atoms with Gasteiger partial charge in [-0.3, -0.25) is 5.32 Å². The van der Waals surface area contributed by atoms with Crippen LogP contribution in [0.5, 0.6) is 0 Å². The van der Waals surface area contributed by atoms with Crippen LogP contribution in [0.4, 0.5) is 21.0 Å². The highest BCUT2D eigenvalue weighted by Crippen LogP contribution is 2.32. The zero-order chi connectivity index (χ0) is 19.3. The van der Waals surface area contributed by atoms with Gasteiger partial charge in [0.15, 0.2) is 0 Å². The Hall–Kier alpha value is -2.54. The summed E-state index contributed by atoms with van der Waals surface area (Å²) in [6.07, 6.45) is -0.575. The van der Waals surface area contributed by atoms with Crippen LogP contribution < -0.4 is 16.0 Å². The van der Waals surface area contributed by atoms with Crippen LogP contribution in [0.2, 0.25) is 0 Å². The molecule has 0 unspecified atom stereocenters. The van der Waals surface area contributed by atoms with Gasteiger partial charge >= 0.3 is 12.1 Å². The lowest BCUT2D eigenvalue weighted by atomic mass is 10.1. The van der Waals surface area contributed by atoms with E-state index < -0.39 is 11.7 Å². The third-order valence-corrected chi connectivity index (χ3v) is 4.05. The molecule has 140 valence electrons. The largest absolute Gasteiger partial charge is 0.444 e. The molecule has 0 saturated carbocycles. The third-order valence-electron chi connectivity index (χ3n) is 3.13. The highest BCUT2D eigenvalue weighted by Gasteiger charge is 2.18. The number of carbonyl (C=O) groups is 2. The van der Waals surface area contributed by atoms with Crippen molar-refractivity contribution in [2.24, 2.45) is 0 Å². The zero-order valence-electron chi connectivity index (χ0n) is 15.7. The average Bonchev–Trinajstić information content (AvgIpc) is 3.00. The fourth-order valence-electron chi connectivity index (χ4n) is 2.19. The molecule has 1 aromatic heterocycles. The summed E-state index contributed by atoms with van der Waals surface area (Å²) < 4.78 is 5.29. The Morgan fingerprint density at radius 1 is 1.08 bits per heavy atom. The Labute approximate surface area is 157 Å². The van der Waals surface area contributed by atoms with Crippen molar-refractivity contribution in [3.8, 4) is 10.4 Å². The normalized spacial score (nSPS) is 11.2. The Balaban J connectivity index is 2.27. The van der Waals surface area contributed by atoms with Gasteiger partial charge in [0.2, 0.25) is 0 Å². The van der Waals surface area contributed by atoms with Crippen molar-refractivity contribution in [1.29, 1.82) is 0 Å². The maximum Gasteiger partial charge on any atom is 0.412 e. The average molecular weight is 375 g/mol. The molecule has 0 fully saturated rings. The zero-order valence-corrected chi connectivity index (χ0v) is 16.5. The maximum atomic E-state index is 12.1. The molecule has 26 heavy (non-hydrogen) atoms. The predicted octanol–water partition coefficient (Wildman–Crippen LogP) is 5.29. The van der Waals surface area contributed by atoms with E-state index in [2.05, 4.69) is 16.0 Å². The number of benzene rings is 1. The Morgan fingerprint density at radius 2 is 1.81 bits per heavy atom. The van der Waals surface area contributed by atoms with Gasteiger partial charge in [-0.15, -0.1) is 11.3 Å². The first kappa shape index (κ1) is 19.8. The standard InChI is InChI=1S/C19H25N3O3S/c1-12(2)20-17(23)21-15-11-13(16-7-6-10-26-16)8-9-14(15)22-18(24)25-19(3,4)5/h6-12H,1-5H3,(H,22,24)(H2,20,21,23). The Bertz CT molecular complexity index is 765. The molecule has 2 rings (SSSR count). The minimum Gasteiger partial charge on any atom is -0.444 e. The molecular formula is C19H25N3O3S. The Morgan fingerprint density at radius 3 is 2.38 bits per heavy atom. The molecule has 0 spiro atoms. The SMILES string of the molecule is CC(C)NC(=O)Nc1cc(-c2cccs2)ccc1NC(=O)OC(C)(C)C.